The Kier molecular flexibility index (Phi) is 7.30. The number of carbonyl (C=O) groups excluding carboxylic acids is 1. The lowest BCUT2D eigenvalue weighted by Gasteiger charge is -2.41. The monoisotopic (exact) mass is 472 g/mol. The van der Waals surface area contributed by atoms with Crippen molar-refractivity contribution in [2.45, 2.75) is 96.7 Å². The lowest BCUT2D eigenvalue weighted by Crippen LogP contribution is -2.60. The van der Waals surface area contributed by atoms with Gasteiger partial charge >= 0.3 is 5.97 Å². The maximum absolute atomic E-state index is 13.6. The standard InChI is InChI=1S/C22H40N4O5S/c1-21(2)15-9-10-22(21,3)18(13-15)25-19(27)17(12-14-7-8-14)26(32(24,30)31)16(20(28)29)6-4-5-11-23/h14-18H,4-13,23H2,1-3H3,(H,25,27)(H,28,29)(H2,24,30,31)/t15-,16+,17+,18-,22+/m1/s1. The van der Waals surface area contributed by atoms with Crippen molar-refractivity contribution in [3.05, 3.63) is 0 Å². The molecule has 3 saturated carbocycles. The van der Waals surface area contributed by atoms with Gasteiger partial charge in [-0.3, -0.25) is 9.59 Å². The highest BCUT2D eigenvalue weighted by Crippen LogP contribution is 2.65. The van der Waals surface area contributed by atoms with Crippen molar-refractivity contribution < 1.29 is 23.1 Å². The molecule has 3 aliphatic carbocycles. The van der Waals surface area contributed by atoms with Crippen molar-refractivity contribution in [1.29, 1.82) is 0 Å². The smallest absolute Gasteiger partial charge is 0.322 e. The van der Waals surface area contributed by atoms with Crippen LogP contribution in [0.3, 0.4) is 0 Å². The Labute approximate surface area is 191 Å². The molecule has 32 heavy (non-hydrogen) atoms. The lowest BCUT2D eigenvalue weighted by atomic mass is 9.69. The number of rotatable bonds is 12. The Morgan fingerprint density at radius 1 is 1.16 bits per heavy atom. The molecule has 5 atom stereocenters. The average molecular weight is 473 g/mol. The first kappa shape index (κ1) is 25.4. The number of aliphatic carboxylic acids is 1. The van der Waals surface area contributed by atoms with E-state index < -0.39 is 34.2 Å². The van der Waals surface area contributed by atoms with Crippen LogP contribution in [0.1, 0.15) is 78.6 Å². The van der Waals surface area contributed by atoms with Crippen LogP contribution < -0.4 is 16.2 Å². The van der Waals surface area contributed by atoms with Crippen molar-refractivity contribution in [2.24, 2.45) is 33.5 Å². The van der Waals surface area contributed by atoms with Crippen LogP contribution in [0.2, 0.25) is 0 Å². The molecule has 9 nitrogen and oxygen atoms in total. The minimum Gasteiger partial charge on any atom is -0.480 e. The summed E-state index contributed by atoms with van der Waals surface area (Å²) in [5, 5.41) is 18.5. The summed E-state index contributed by atoms with van der Waals surface area (Å²) in [6.07, 6.45) is 6.18. The summed E-state index contributed by atoms with van der Waals surface area (Å²) >= 11 is 0. The van der Waals surface area contributed by atoms with Crippen molar-refractivity contribution in [1.82, 2.24) is 9.62 Å². The Balaban J connectivity index is 1.86. The van der Waals surface area contributed by atoms with Crippen LogP contribution >= 0.6 is 0 Å². The van der Waals surface area contributed by atoms with E-state index in [0.717, 1.165) is 36.4 Å². The predicted molar refractivity (Wildman–Crippen MR) is 122 cm³/mol. The SMILES string of the molecule is CC1(C)[C@@H]2CC[C@@]1(C)[C@H](NC(=O)[C@H](CC1CC1)N([C@@H](CCCCN)C(=O)O)S(N)(=O)=O)C2. The zero-order valence-electron chi connectivity index (χ0n) is 19.5. The third-order valence-electron chi connectivity index (χ3n) is 8.79. The maximum atomic E-state index is 13.6. The van der Waals surface area contributed by atoms with E-state index in [1.807, 2.05) is 0 Å². The highest BCUT2D eigenvalue weighted by Gasteiger charge is 2.62. The lowest BCUT2D eigenvalue weighted by molar-refractivity contribution is -0.143. The first-order chi connectivity index (χ1) is 14.8. The number of nitrogens with one attached hydrogen (secondary N) is 1. The van der Waals surface area contributed by atoms with E-state index >= 15 is 0 Å². The average Bonchev–Trinajstić information content (AvgIpc) is 3.44. The van der Waals surface area contributed by atoms with Crippen molar-refractivity contribution in [3.63, 3.8) is 0 Å². The summed E-state index contributed by atoms with van der Waals surface area (Å²) in [6, 6.07) is -2.58. The van der Waals surface area contributed by atoms with Crippen LogP contribution in [0.15, 0.2) is 0 Å². The van der Waals surface area contributed by atoms with Crippen LogP contribution in [0, 0.1) is 22.7 Å². The molecule has 0 unspecified atom stereocenters. The predicted octanol–water partition coefficient (Wildman–Crippen LogP) is 1.57. The van der Waals surface area contributed by atoms with Gasteiger partial charge in [-0.25, -0.2) is 5.14 Å². The Morgan fingerprint density at radius 3 is 2.25 bits per heavy atom. The topological polar surface area (TPSA) is 156 Å². The van der Waals surface area contributed by atoms with Crippen LogP contribution in [-0.4, -0.2) is 54.4 Å². The third kappa shape index (κ3) is 4.83. The van der Waals surface area contributed by atoms with E-state index in [9.17, 15) is 23.1 Å². The number of unbranched alkanes of at least 4 members (excludes halogenated alkanes) is 1. The van der Waals surface area contributed by atoms with Gasteiger partial charge in [-0.15, -0.1) is 0 Å². The van der Waals surface area contributed by atoms with Crippen molar-refractivity contribution >= 4 is 22.1 Å². The van der Waals surface area contributed by atoms with Crippen LogP contribution in [0.4, 0.5) is 0 Å². The summed E-state index contributed by atoms with van der Waals surface area (Å²) in [7, 11) is -4.43. The Morgan fingerprint density at radius 2 is 1.81 bits per heavy atom. The second-order valence-electron chi connectivity index (χ2n) is 10.9. The summed E-state index contributed by atoms with van der Waals surface area (Å²) in [6.45, 7) is 7.07. The number of hydrogen-bond acceptors (Lipinski definition) is 5. The minimum absolute atomic E-state index is 0.0618. The van der Waals surface area contributed by atoms with Gasteiger partial charge in [0.2, 0.25) is 5.91 Å². The molecule has 0 radical (unpaired) electrons. The molecular weight excluding hydrogens is 432 g/mol. The van der Waals surface area contributed by atoms with Crippen molar-refractivity contribution in [3.8, 4) is 0 Å². The number of carbonyl (C=O) groups is 2. The zero-order valence-corrected chi connectivity index (χ0v) is 20.4. The van der Waals surface area contributed by atoms with Gasteiger partial charge in [0.25, 0.3) is 10.2 Å². The first-order valence-corrected chi connectivity index (χ1v) is 13.4. The van der Waals surface area contributed by atoms with E-state index in [2.05, 4.69) is 26.1 Å². The van der Waals surface area contributed by atoms with Gasteiger partial charge in [0.15, 0.2) is 0 Å². The molecule has 0 spiro atoms. The molecule has 0 aromatic carbocycles. The first-order valence-electron chi connectivity index (χ1n) is 11.9. The van der Waals surface area contributed by atoms with E-state index in [0.29, 0.717) is 31.7 Å². The fourth-order valence-electron chi connectivity index (χ4n) is 6.10. The fraction of sp³-hybridized carbons (Fsp3) is 0.909. The largest absolute Gasteiger partial charge is 0.480 e. The number of amides is 1. The summed E-state index contributed by atoms with van der Waals surface area (Å²) in [4.78, 5) is 25.6. The molecule has 0 aromatic rings. The highest BCUT2D eigenvalue weighted by atomic mass is 32.2. The van der Waals surface area contributed by atoms with Gasteiger partial charge in [-0.1, -0.05) is 33.6 Å². The highest BCUT2D eigenvalue weighted by molar-refractivity contribution is 7.86. The van der Waals surface area contributed by atoms with Crippen molar-refractivity contribution in [2.75, 3.05) is 6.54 Å². The second-order valence-corrected chi connectivity index (χ2v) is 12.3. The van der Waals surface area contributed by atoms with Crippen LogP contribution in [0.5, 0.6) is 0 Å². The molecule has 10 heteroatoms. The Bertz CT molecular complexity index is 828. The van der Waals surface area contributed by atoms with Gasteiger partial charge < -0.3 is 16.2 Å². The number of carboxylic acid groups (broad SMARTS) is 1. The number of fused-ring (bicyclic) bond motifs is 2. The molecule has 2 bridgehead atoms. The summed E-state index contributed by atoms with van der Waals surface area (Å²) in [5.41, 5.74) is 5.54. The number of carboxylic acids is 1. The van der Waals surface area contributed by atoms with E-state index in [1.54, 1.807) is 0 Å². The number of nitrogens with zero attached hydrogens (tertiary/aromatic N) is 1. The van der Waals surface area contributed by atoms with Crippen LogP contribution in [-0.2, 0) is 19.8 Å². The molecule has 6 N–H and O–H groups in total. The molecule has 0 aromatic heterocycles. The number of nitrogens with two attached hydrogens (primary N) is 2. The quantitative estimate of drug-likeness (QED) is 0.316. The van der Waals surface area contributed by atoms with Gasteiger partial charge in [-0.2, -0.15) is 12.7 Å². The molecule has 0 aliphatic heterocycles. The minimum atomic E-state index is -4.43. The molecule has 0 heterocycles. The van der Waals surface area contributed by atoms with Gasteiger partial charge in [0.05, 0.1) is 0 Å². The van der Waals surface area contributed by atoms with Gasteiger partial charge in [-0.05, 0) is 74.2 Å². The maximum Gasteiger partial charge on any atom is 0.322 e. The molecular formula is C22H40N4O5S. The molecule has 0 saturated heterocycles. The zero-order chi connectivity index (χ0) is 23.9. The van der Waals surface area contributed by atoms with E-state index in [1.165, 1.54) is 0 Å². The van der Waals surface area contributed by atoms with Gasteiger partial charge in [0, 0.05) is 6.04 Å². The van der Waals surface area contributed by atoms with Crippen LogP contribution in [0.25, 0.3) is 0 Å². The van der Waals surface area contributed by atoms with Gasteiger partial charge in [0.1, 0.15) is 12.1 Å². The normalized spacial score (nSPS) is 30.9. The molecule has 1 amide bonds. The molecule has 3 rings (SSSR count). The molecule has 184 valence electrons. The van der Waals surface area contributed by atoms with E-state index in [4.69, 9.17) is 10.9 Å². The Hall–Kier alpha value is -1.23. The summed E-state index contributed by atoms with van der Waals surface area (Å²) < 4.78 is 26.0. The second kappa shape index (κ2) is 9.19. The molecule has 3 aliphatic rings. The number of hydrogen-bond donors (Lipinski definition) is 4. The fourth-order valence-corrected chi connectivity index (χ4v) is 7.19. The third-order valence-corrected chi connectivity index (χ3v) is 9.89. The molecule has 3 fully saturated rings. The summed E-state index contributed by atoms with van der Waals surface area (Å²) in [5.74, 6) is -0.999. The van der Waals surface area contributed by atoms with E-state index in [-0.39, 0.29) is 29.2 Å².